The van der Waals surface area contributed by atoms with Crippen molar-refractivity contribution in [1.82, 2.24) is 10.3 Å². The summed E-state index contributed by atoms with van der Waals surface area (Å²) in [5.41, 5.74) is 9.94. The second-order valence-corrected chi connectivity index (χ2v) is 9.14. The molecule has 0 radical (unpaired) electrons. The third-order valence-corrected chi connectivity index (χ3v) is 6.57. The SMILES string of the molecule is COc1ccccc1CCC(=O)NC(N)C(Cc1c[nH]c2ccccc12)C(=O)COc1cccc(CO)c1. The minimum Gasteiger partial charge on any atom is -0.496 e. The van der Waals surface area contributed by atoms with Crippen molar-refractivity contribution in [2.75, 3.05) is 13.7 Å². The van der Waals surface area contributed by atoms with Gasteiger partial charge in [-0.1, -0.05) is 48.5 Å². The summed E-state index contributed by atoms with van der Waals surface area (Å²) in [4.78, 5) is 29.4. The van der Waals surface area contributed by atoms with Gasteiger partial charge in [-0.05, 0) is 53.8 Å². The lowest BCUT2D eigenvalue weighted by atomic mass is 9.92. The third-order valence-electron chi connectivity index (χ3n) is 6.57. The standard InChI is InChI=1S/C30H33N3O5/c1-37-28-12-5-2-8-21(28)13-14-29(36)33-30(31)25(16-22-17-32-26-11-4-3-10-24(22)26)27(35)19-38-23-9-6-7-20(15-23)18-34/h2-12,15,17,25,30,32,34H,13-14,16,18-19,31H2,1H3,(H,33,36). The van der Waals surface area contributed by atoms with E-state index in [1.165, 1.54) is 0 Å². The fraction of sp³-hybridized carbons (Fsp3) is 0.267. The number of nitrogens with two attached hydrogens (primary N) is 1. The van der Waals surface area contributed by atoms with Crippen LogP contribution in [-0.2, 0) is 29.0 Å². The number of aromatic nitrogens is 1. The van der Waals surface area contributed by atoms with Crippen molar-refractivity contribution in [3.05, 3.63) is 95.7 Å². The number of rotatable bonds is 13. The second kappa shape index (κ2) is 12.9. The van der Waals surface area contributed by atoms with Gasteiger partial charge in [0.1, 0.15) is 18.1 Å². The molecule has 8 nitrogen and oxygen atoms in total. The number of fused-ring (bicyclic) bond motifs is 1. The first-order chi connectivity index (χ1) is 18.5. The summed E-state index contributed by atoms with van der Waals surface area (Å²) in [5, 5.41) is 13.2. The topological polar surface area (TPSA) is 127 Å². The van der Waals surface area contributed by atoms with E-state index >= 15 is 0 Å². The molecule has 0 aliphatic rings. The zero-order chi connectivity index (χ0) is 26.9. The van der Waals surface area contributed by atoms with E-state index in [-0.39, 0.29) is 31.3 Å². The summed E-state index contributed by atoms with van der Waals surface area (Å²) in [6.07, 6.45) is 1.97. The summed E-state index contributed by atoms with van der Waals surface area (Å²) >= 11 is 0. The molecule has 0 fully saturated rings. The number of hydrogen-bond acceptors (Lipinski definition) is 6. The van der Waals surface area contributed by atoms with Crippen molar-refractivity contribution in [3.8, 4) is 11.5 Å². The minimum atomic E-state index is -0.909. The number of nitrogens with one attached hydrogen (secondary N) is 2. The summed E-state index contributed by atoms with van der Waals surface area (Å²) in [6.45, 7) is -0.340. The van der Waals surface area contributed by atoms with E-state index in [9.17, 15) is 14.7 Å². The largest absolute Gasteiger partial charge is 0.496 e. The first-order valence-corrected chi connectivity index (χ1v) is 12.6. The summed E-state index contributed by atoms with van der Waals surface area (Å²) < 4.78 is 11.1. The molecule has 5 N–H and O–H groups in total. The van der Waals surface area contributed by atoms with E-state index in [1.54, 1.807) is 31.4 Å². The number of para-hydroxylation sites is 2. The van der Waals surface area contributed by atoms with Crippen molar-refractivity contribution >= 4 is 22.6 Å². The number of carbonyl (C=O) groups is 2. The maximum atomic E-state index is 13.4. The normalized spacial score (nSPS) is 12.6. The summed E-state index contributed by atoms with van der Waals surface area (Å²) in [5.74, 6) is -0.00563. The Morgan fingerprint density at radius 3 is 2.63 bits per heavy atom. The second-order valence-electron chi connectivity index (χ2n) is 9.14. The highest BCUT2D eigenvalue weighted by molar-refractivity contribution is 5.87. The van der Waals surface area contributed by atoms with E-state index in [4.69, 9.17) is 15.2 Å². The number of H-pyrrole nitrogens is 1. The van der Waals surface area contributed by atoms with Crippen LogP contribution < -0.4 is 20.5 Å². The minimum absolute atomic E-state index is 0.125. The molecule has 38 heavy (non-hydrogen) atoms. The number of ketones is 1. The van der Waals surface area contributed by atoms with Crippen LogP contribution in [0, 0.1) is 5.92 Å². The molecular weight excluding hydrogens is 482 g/mol. The number of aromatic amines is 1. The predicted octanol–water partition coefficient (Wildman–Crippen LogP) is 3.51. The van der Waals surface area contributed by atoms with E-state index in [0.29, 0.717) is 24.2 Å². The van der Waals surface area contributed by atoms with Crippen LogP contribution in [0.3, 0.4) is 0 Å². The maximum absolute atomic E-state index is 13.4. The molecule has 1 aromatic heterocycles. The summed E-state index contributed by atoms with van der Waals surface area (Å²) in [7, 11) is 1.60. The van der Waals surface area contributed by atoms with E-state index < -0.39 is 12.1 Å². The molecule has 0 bridgehead atoms. The van der Waals surface area contributed by atoms with Gasteiger partial charge in [0.15, 0.2) is 5.78 Å². The number of methoxy groups -OCH3 is 1. The Labute approximate surface area is 221 Å². The Morgan fingerprint density at radius 2 is 1.82 bits per heavy atom. The molecule has 8 heteroatoms. The lowest BCUT2D eigenvalue weighted by Crippen LogP contribution is -2.51. The van der Waals surface area contributed by atoms with Crippen LogP contribution in [0.2, 0.25) is 0 Å². The first-order valence-electron chi connectivity index (χ1n) is 12.6. The van der Waals surface area contributed by atoms with Gasteiger partial charge < -0.3 is 30.6 Å². The molecule has 0 aliphatic carbocycles. The van der Waals surface area contributed by atoms with Gasteiger partial charge in [0.25, 0.3) is 0 Å². The van der Waals surface area contributed by atoms with Crippen molar-refractivity contribution in [1.29, 1.82) is 0 Å². The number of aryl methyl sites for hydroxylation is 1. The summed E-state index contributed by atoms with van der Waals surface area (Å²) in [6, 6.07) is 22.3. The lowest BCUT2D eigenvalue weighted by Gasteiger charge is -2.24. The molecule has 4 aromatic rings. The molecule has 2 unspecified atom stereocenters. The van der Waals surface area contributed by atoms with Crippen LogP contribution >= 0.6 is 0 Å². The van der Waals surface area contributed by atoms with Crippen molar-refractivity contribution in [3.63, 3.8) is 0 Å². The fourth-order valence-corrected chi connectivity index (χ4v) is 4.49. The monoisotopic (exact) mass is 515 g/mol. The molecule has 0 saturated carbocycles. The Balaban J connectivity index is 1.46. The Bertz CT molecular complexity index is 1380. The first kappa shape index (κ1) is 26.9. The molecule has 0 spiro atoms. The van der Waals surface area contributed by atoms with Gasteiger partial charge >= 0.3 is 0 Å². The average molecular weight is 516 g/mol. The number of aliphatic hydroxyl groups is 1. The highest BCUT2D eigenvalue weighted by Crippen LogP contribution is 2.23. The molecule has 0 aliphatic heterocycles. The zero-order valence-corrected chi connectivity index (χ0v) is 21.4. The maximum Gasteiger partial charge on any atom is 0.221 e. The number of carbonyl (C=O) groups excluding carboxylic acids is 2. The van der Waals surface area contributed by atoms with E-state index in [2.05, 4.69) is 10.3 Å². The zero-order valence-electron chi connectivity index (χ0n) is 21.4. The molecule has 0 saturated heterocycles. The van der Waals surface area contributed by atoms with Gasteiger partial charge in [0, 0.05) is 23.5 Å². The molecule has 4 rings (SSSR count). The lowest BCUT2D eigenvalue weighted by molar-refractivity contribution is -0.127. The van der Waals surface area contributed by atoms with E-state index in [0.717, 1.165) is 27.8 Å². The smallest absolute Gasteiger partial charge is 0.221 e. The molecular formula is C30H33N3O5. The molecule has 2 atom stereocenters. The van der Waals surface area contributed by atoms with Gasteiger partial charge in [0.2, 0.25) is 5.91 Å². The Hall–Kier alpha value is -4.14. The average Bonchev–Trinajstić information content (AvgIpc) is 3.36. The number of benzene rings is 3. The van der Waals surface area contributed by atoms with E-state index in [1.807, 2.05) is 54.7 Å². The third kappa shape index (κ3) is 6.79. The number of aliphatic hydroxyl groups excluding tert-OH is 1. The molecule has 1 heterocycles. The Morgan fingerprint density at radius 1 is 1.03 bits per heavy atom. The van der Waals surface area contributed by atoms with Crippen LogP contribution in [-0.4, -0.2) is 41.7 Å². The predicted molar refractivity (Wildman–Crippen MR) is 146 cm³/mol. The molecule has 1 amide bonds. The quantitative estimate of drug-likeness (QED) is 0.202. The molecule has 3 aromatic carbocycles. The van der Waals surface area contributed by atoms with Gasteiger partial charge in [-0.2, -0.15) is 0 Å². The highest BCUT2D eigenvalue weighted by Gasteiger charge is 2.28. The Kier molecular flexibility index (Phi) is 9.13. The van der Waals surface area contributed by atoms with Crippen LogP contribution in [0.4, 0.5) is 0 Å². The number of amides is 1. The van der Waals surface area contributed by atoms with Crippen LogP contribution in [0.5, 0.6) is 11.5 Å². The van der Waals surface area contributed by atoms with Crippen molar-refractivity contribution < 1.29 is 24.2 Å². The van der Waals surface area contributed by atoms with Crippen molar-refractivity contribution in [2.24, 2.45) is 11.7 Å². The van der Waals surface area contributed by atoms with Crippen LogP contribution in [0.25, 0.3) is 10.9 Å². The highest BCUT2D eigenvalue weighted by atomic mass is 16.5. The number of ether oxygens (including phenoxy) is 2. The van der Waals surface area contributed by atoms with Gasteiger partial charge in [-0.3, -0.25) is 9.59 Å². The molecule has 198 valence electrons. The fourth-order valence-electron chi connectivity index (χ4n) is 4.49. The van der Waals surface area contributed by atoms with Gasteiger partial charge in [0.05, 0.1) is 25.8 Å². The van der Waals surface area contributed by atoms with Gasteiger partial charge in [-0.25, -0.2) is 0 Å². The number of hydrogen-bond donors (Lipinski definition) is 4. The van der Waals surface area contributed by atoms with Crippen LogP contribution in [0.15, 0.2) is 79.0 Å². The number of Topliss-reactive ketones (excluding diaryl/α,β-unsaturated/α-hetero) is 1. The van der Waals surface area contributed by atoms with Crippen LogP contribution in [0.1, 0.15) is 23.1 Å². The van der Waals surface area contributed by atoms with Gasteiger partial charge in [-0.15, -0.1) is 0 Å². The van der Waals surface area contributed by atoms with Crippen molar-refractivity contribution in [2.45, 2.75) is 32.0 Å².